The molecule has 0 aromatic heterocycles. The molecule has 0 saturated carbocycles. The Bertz CT molecular complexity index is 700. The van der Waals surface area contributed by atoms with Gasteiger partial charge in [0.05, 0.1) is 18.8 Å². The van der Waals surface area contributed by atoms with Gasteiger partial charge in [0.15, 0.2) is 0 Å². The van der Waals surface area contributed by atoms with E-state index in [0.717, 1.165) is 5.75 Å². The van der Waals surface area contributed by atoms with Crippen molar-refractivity contribution in [2.75, 3.05) is 31.7 Å². The van der Waals surface area contributed by atoms with Gasteiger partial charge in [-0.05, 0) is 37.1 Å². The number of para-hydroxylation sites is 1. The van der Waals surface area contributed by atoms with Gasteiger partial charge in [-0.1, -0.05) is 32.0 Å². The van der Waals surface area contributed by atoms with Crippen molar-refractivity contribution < 1.29 is 19.0 Å². The molecule has 0 unspecified atom stereocenters. The Balaban J connectivity index is 2.02. The summed E-state index contributed by atoms with van der Waals surface area (Å²) in [5.74, 6) is 1.49. The molecule has 2 rings (SSSR count). The van der Waals surface area contributed by atoms with Crippen molar-refractivity contribution in [1.82, 2.24) is 0 Å². The van der Waals surface area contributed by atoms with Crippen molar-refractivity contribution in [3.05, 3.63) is 54.1 Å². The molecule has 0 aliphatic carbocycles. The van der Waals surface area contributed by atoms with Gasteiger partial charge >= 0.3 is 0 Å². The summed E-state index contributed by atoms with van der Waals surface area (Å²) in [6.45, 7) is 8.27. The van der Waals surface area contributed by atoms with Crippen molar-refractivity contribution in [3.63, 3.8) is 0 Å². The van der Waals surface area contributed by atoms with Gasteiger partial charge in [-0.2, -0.15) is 0 Å². The van der Waals surface area contributed by atoms with Crippen molar-refractivity contribution in [1.29, 1.82) is 0 Å². The van der Waals surface area contributed by atoms with Crippen molar-refractivity contribution in [3.8, 4) is 11.5 Å². The van der Waals surface area contributed by atoms with E-state index in [1.807, 2.05) is 43.3 Å². The number of hydrogen-bond acceptors (Lipinski definition) is 4. The summed E-state index contributed by atoms with van der Waals surface area (Å²) in [5, 5.41) is 2.90. The fraction of sp³-hybridized carbons (Fsp3) is 0.381. The van der Waals surface area contributed by atoms with Crippen molar-refractivity contribution >= 4 is 11.6 Å². The Hall–Kier alpha value is -2.53. The first-order valence-electron chi connectivity index (χ1n) is 8.94. The second-order valence-electron chi connectivity index (χ2n) is 6.23. The topological polar surface area (TPSA) is 56.8 Å². The maximum Gasteiger partial charge on any atom is 0.259 e. The third-order valence-corrected chi connectivity index (χ3v) is 3.50. The van der Waals surface area contributed by atoms with E-state index in [9.17, 15) is 4.79 Å². The van der Waals surface area contributed by atoms with Gasteiger partial charge in [0.25, 0.3) is 5.91 Å². The van der Waals surface area contributed by atoms with E-state index in [2.05, 4.69) is 19.2 Å². The lowest BCUT2D eigenvalue weighted by atomic mass is 10.2. The molecular weight excluding hydrogens is 330 g/mol. The molecule has 1 amide bonds. The molecule has 26 heavy (non-hydrogen) atoms. The molecule has 140 valence electrons. The smallest absolute Gasteiger partial charge is 0.259 e. The van der Waals surface area contributed by atoms with Gasteiger partial charge in [0, 0.05) is 18.4 Å². The molecule has 0 aliphatic rings. The first-order chi connectivity index (χ1) is 12.6. The summed E-state index contributed by atoms with van der Waals surface area (Å²) in [5.41, 5.74) is 1.16. The van der Waals surface area contributed by atoms with E-state index < -0.39 is 0 Å². The molecule has 2 aromatic carbocycles. The number of anilines is 1. The molecule has 1 N–H and O–H groups in total. The summed E-state index contributed by atoms with van der Waals surface area (Å²) in [6.07, 6.45) is 0. The van der Waals surface area contributed by atoms with Gasteiger partial charge in [-0.15, -0.1) is 0 Å². The van der Waals surface area contributed by atoms with Crippen LogP contribution in [-0.4, -0.2) is 32.3 Å². The van der Waals surface area contributed by atoms with Gasteiger partial charge in [0.2, 0.25) is 0 Å². The van der Waals surface area contributed by atoms with Crippen LogP contribution in [0.1, 0.15) is 31.1 Å². The van der Waals surface area contributed by atoms with Crippen LogP contribution in [0.2, 0.25) is 0 Å². The predicted molar refractivity (Wildman–Crippen MR) is 103 cm³/mol. The van der Waals surface area contributed by atoms with Crippen LogP contribution in [0.25, 0.3) is 0 Å². The first-order valence-corrected chi connectivity index (χ1v) is 8.94. The van der Waals surface area contributed by atoms with Crippen LogP contribution >= 0.6 is 0 Å². The summed E-state index contributed by atoms with van der Waals surface area (Å²) in [4.78, 5) is 12.6. The van der Waals surface area contributed by atoms with Crippen molar-refractivity contribution in [2.24, 2.45) is 5.92 Å². The molecule has 0 fully saturated rings. The summed E-state index contributed by atoms with van der Waals surface area (Å²) in [7, 11) is 0. The second kappa shape index (κ2) is 10.5. The van der Waals surface area contributed by atoms with Gasteiger partial charge in [0.1, 0.15) is 18.1 Å². The highest BCUT2D eigenvalue weighted by molar-refractivity contribution is 6.06. The van der Waals surface area contributed by atoms with Crippen LogP contribution in [0.3, 0.4) is 0 Å². The van der Waals surface area contributed by atoms with Gasteiger partial charge < -0.3 is 19.5 Å². The third kappa shape index (κ3) is 6.41. The van der Waals surface area contributed by atoms with E-state index in [4.69, 9.17) is 14.2 Å². The second-order valence-corrected chi connectivity index (χ2v) is 6.23. The Kier molecular flexibility index (Phi) is 7.96. The highest BCUT2D eigenvalue weighted by Crippen LogP contribution is 2.22. The van der Waals surface area contributed by atoms with Crippen LogP contribution in [-0.2, 0) is 4.74 Å². The normalized spacial score (nSPS) is 10.6. The molecule has 2 aromatic rings. The zero-order valence-electron chi connectivity index (χ0n) is 15.7. The largest absolute Gasteiger partial charge is 0.493 e. The van der Waals surface area contributed by atoms with Gasteiger partial charge in [-0.3, -0.25) is 4.79 Å². The predicted octanol–water partition coefficient (Wildman–Crippen LogP) is 4.39. The molecule has 0 atom stereocenters. The van der Waals surface area contributed by atoms with E-state index in [0.29, 0.717) is 49.3 Å². The lowest BCUT2D eigenvalue weighted by Crippen LogP contribution is -2.15. The lowest BCUT2D eigenvalue weighted by molar-refractivity contribution is 0.0998. The Morgan fingerprint density at radius 1 is 1.04 bits per heavy atom. The molecule has 0 bridgehead atoms. The van der Waals surface area contributed by atoms with Crippen LogP contribution in [0.4, 0.5) is 5.69 Å². The van der Waals surface area contributed by atoms with E-state index >= 15 is 0 Å². The summed E-state index contributed by atoms with van der Waals surface area (Å²) >= 11 is 0. The number of amides is 1. The molecule has 0 radical (unpaired) electrons. The fourth-order valence-corrected chi connectivity index (χ4v) is 2.26. The van der Waals surface area contributed by atoms with Crippen molar-refractivity contribution in [2.45, 2.75) is 20.8 Å². The zero-order valence-corrected chi connectivity index (χ0v) is 15.7. The van der Waals surface area contributed by atoms with Crippen LogP contribution in [0.15, 0.2) is 48.5 Å². The zero-order chi connectivity index (χ0) is 18.8. The number of nitrogens with one attached hydrogen (secondary N) is 1. The number of carbonyl (C=O) groups excluding carboxylic acids is 1. The molecule has 0 heterocycles. The molecular formula is C21H27NO4. The maximum atomic E-state index is 12.6. The van der Waals surface area contributed by atoms with Crippen LogP contribution in [0.5, 0.6) is 11.5 Å². The highest BCUT2D eigenvalue weighted by atomic mass is 16.5. The average Bonchev–Trinajstić information content (AvgIpc) is 2.64. The van der Waals surface area contributed by atoms with Crippen LogP contribution in [0, 0.1) is 5.92 Å². The number of ether oxygens (including phenoxy) is 3. The number of hydrogen-bond donors (Lipinski definition) is 1. The maximum absolute atomic E-state index is 12.6. The quantitative estimate of drug-likeness (QED) is 0.641. The molecule has 5 nitrogen and oxygen atoms in total. The van der Waals surface area contributed by atoms with E-state index in [1.54, 1.807) is 12.1 Å². The highest BCUT2D eigenvalue weighted by Gasteiger charge is 2.12. The molecule has 0 saturated heterocycles. The fourth-order valence-electron chi connectivity index (χ4n) is 2.26. The Morgan fingerprint density at radius 3 is 2.62 bits per heavy atom. The molecule has 0 aliphatic heterocycles. The van der Waals surface area contributed by atoms with E-state index in [1.165, 1.54) is 0 Å². The number of carbonyl (C=O) groups is 1. The third-order valence-electron chi connectivity index (χ3n) is 3.50. The monoisotopic (exact) mass is 357 g/mol. The number of benzene rings is 2. The van der Waals surface area contributed by atoms with E-state index in [-0.39, 0.29) is 5.91 Å². The molecule has 5 heteroatoms. The Labute approximate surface area is 155 Å². The van der Waals surface area contributed by atoms with Crippen LogP contribution < -0.4 is 14.8 Å². The minimum Gasteiger partial charge on any atom is -0.493 e. The minimum absolute atomic E-state index is 0.224. The average molecular weight is 357 g/mol. The Morgan fingerprint density at radius 2 is 1.85 bits per heavy atom. The lowest BCUT2D eigenvalue weighted by Gasteiger charge is -2.13. The summed E-state index contributed by atoms with van der Waals surface area (Å²) < 4.78 is 16.6. The minimum atomic E-state index is -0.224. The van der Waals surface area contributed by atoms with Gasteiger partial charge in [-0.25, -0.2) is 0 Å². The number of rotatable bonds is 10. The standard InChI is InChI=1S/C21H27NO4/c1-4-24-12-13-25-20-11-6-5-10-19(20)21(23)22-17-8-7-9-18(14-17)26-15-16(2)3/h5-11,14,16H,4,12-13,15H2,1-3H3,(H,22,23). The SMILES string of the molecule is CCOCCOc1ccccc1C(=O)Nc1cccc(OCC(C)C)c1. The summed E-state index contributed by atoms with van der Waals surface area (Å²) in [6, 6.07) is 14.6. The first kappa shape index (κ1) is 19.8. The molecule has 0 spiro atoms.